The fourth-order valence-corrected chi connectivity index (χ4v) is 3.49. The van der Waals surface area contributed by atoms with Gasteiger partial charge >= 0.3 is 0 Å². The zero-order valence-electron chi connectivity index (χ0n) is 12.5. The summed E-state index contributed by atoms with van der Waals surface area (Å²) in [5, 5.41) is 4.39. The first kappa shape index (κ1) is 12.8. The molecule has 1 saturated heterocycles. The monoisotopic (exact) mass is 274 g/mol. The maximum absolute atomic E-state index is 4.39. The van der Waals surface area contributed by atoms with Gasteiger partial charge in [0.2, 0.25) is 0 Å². The van der Waals surface area contributed by atoms with Crippen LogP contribution in [0.4, 0.5) is 0 Å². The SMILES string of the molecule is Cn1cc([C@H]2CN(CC3CC3)CCN2CC2CC2)cn1. The first-order chi connectivity index (χ1) is 9.78. The molecule has 2 heterocycles. The molecule has 0 amide bonds. The number of aromatic nitrogens is 2. The number of aryl methyl sites for hydroxylation is 1. The highest BCUT2D eigenvalue weighted by atomic mass is 15.3. The van der Waals surface area contributed by atoms with Gasteiger partial charge in [0.1, 0.15) is 0 Å². The molecular formula is C16H26N4. The van der Waals surface area contributed by atoms with Gasteiger partial charge in [0.15, 0.2) is 0 Å². The molecule has 4 rings (SSSR count). The van der Waals surface area contributed by atoms with Crippen molar-refractivity contribution in [2.24, 2.45) is 18.9 Å². The number of hydrogen-bond acceptors (Lipinski definition) is 3. The maximum Gasteiger partial charge on any atom is 0.0538 e. The van der Waals surface area contributed by atoms with E-state index in [0.717, 1.165) is 11.8 Å². The minimum atomic E-state index is 0.566. The Bertz CT molecular complexity index is 461. The summed E-state index contributed by atoms with van der Waals surface area (Å²) in [5.41, 5.74) is 1.41. The molecule has 2 saturated carbocycles. The van der Waals surface area contributed by atoms with Gasteiger partial charge < -0.3 is 0 Å². The minimum absolute atomic E-state index is 0.566. The lowest BCUT2D eigenvalue weighted by Gasteiger charge is -2.41. The molecule has 1 atom stereocenters. The van der Waals surface area contributed by atoms with Crippen LogP contribution in [0.2, 0.25) is 0 Å². The van der Waals surface area contributed by atoms with E-state index in [1.165, 1.54) is 64.0 Å². The first-order valence-electron chi connectivity index (χ1n) is 8.23. The van der Waals surface area contributed by atoms with Crippen molar-refractivity contribution >= 4 is 0 Å². The molecule has 4 nitrogen and oxygen atoms in total. The summed E-state index contributed by atoms with van der Waals surface area (Å²) < 4.78 is 1.95. The van der Waals surface area contributed by atoms with Gasteiger partial charge in [-0.05, 0) is 37.5 Å². The predicted octanol–water partition coefficient (Wildman–Crippen LogP) is 1.90. The summed E-state index contributed by atoms with van der Waals surface area (Å²) in [6.45, 7) is 6.34. The fourth-order valence-electron chi connectivity index (χ4n) is 3.49. The molecule has 0 N–H and O–H groups in total. The van der Waals surface area contributed by atoms with Crippen molar-refractivity contribution in [2.45, 2.75) is 31.7 Å². The van der Waals surface area contributed by atoms with Crippen LogP contribution in [0.15, 0.2) is 12.4 Å². The topological polar surface area (TPSA) is 24.3 Å². The second kappa shape index (κ2) is 5.15. The molecule has 3 fully saturated rings. The lowest BCUT2D eigenvalue weighted by molar-refractivity contribution is 0.0675. The van der Waals surface area contributed by atoms with Gasteiger partial charge in [0, 0.05) is 51.5 Å². The lowest BCUT2D eigenvalue weighted by atomic mass is 10.0. The van der Waals surface area contributed by atoms with E-state index >= 15 is 0 Å². The molecule has 20 heavy (non-hydrogen) atoms. The van der Waals surface area contributed by atoms with Gasteiger partial charge in [0.25, 0.3) is 0 Å². The van der Waals surface area contributed by atoms with Gasteiger partial charge in [-0.2, -0.15) is 5.10 Å². The highest BCUT2D eigenvalue weighted by Crippen LogP contribution is 2.36. The van der Waals surface area contributed by atoms with E-state index in [0.29, 0.717) is 6.04 Å². The summed E-state index contributed by atoms with van der Waals surface area (Å²) in [4.78, 5) is 5.41. The van der Waals surface area contributed by atoms with Crippen molar-refractivity contribution in [3.05, 3.63) is 18.0 Å². The average Bonchev–Trinajstić information content (AvgIpc) is 3.35. The van der Waals surface area contributed by atoms with Crippen molar-refractivity contribution in [3.8, 4) is 0 Å². The Balaban J connectivity index is 1.47. The molecule has 0 radical (unpaired) electrons. The molecule has 1 aromatic rings. The molecule has 0 unspecified atom stereocenters. The zero-order valence-corrected chi connectivity index (χ0v) is 12.5. The van der Waals surface area contributed by atoms with Gasteiger partial charge in [-0.3, -0.25) is 14.5 Å². The molecule has 4 heteroatoms. The van der Waals surface area contributed by atoms with Crippen molar-refractivity contribution in [1.82, 2.24) is 19.6 Å². The summed E-state index contributed by atoms with van der Waals surface area (Å²) >= 11 is 0. The quantitative estimate of drug-likeness (QED) is 0.819. The zero-order chi connectivity index (χ0) is 13.5. The van der Waals surface area contributed by atoms with Crippen molar-refractivity contribution < 1.29 is 0 Å². The summed E-state index contributed by atoms with van der Waals surface area (Å²) in [6, 6.07) is 0.566. The van der Waals surface area contributed by atoms with Gasteiger partial charge in [0.05, 0.1) is 12.2 Å². The second-order valence-electron chi connectivity index (χ2n) is 7.10. The Morgan fingerprint density at radius 2 is 1.85 bits per heavy atom. The average molecular weight is 274 g/mol. The van der Waals surface area contributed by atoms with Crippen LogP contribution in [0.3, 0.4) is 0 Å². The molecule has 0 bridgehead atoms. The Kier molecular flexibility index (Phi) is 3.31. The number of hydrogen-bond donors (Lipinski definition) is 0. The second-order valence-corrected chi connectivity index (χ2v) is 7.10. The number of nitrogens with zero attached hydrogens (tertiary/aromatic N) is 4. The van der Waals surface area contributed by atoms with E-state index in [1.807, 2.05) is 11.7 Å². The molecular weight excluding hydrogens is 248 g/mol. The Morgan fingerprint density at radius 1 is 1.10 bits per heavy atom. The molecule has 2 aliphatic carbocycles. The van der Waals surface area contributed by atoms with Crippen molar-refractivity contribution in [2.75, 3.05) is 32.7 Å². The fraction of sp³-hybridized carbons (Fsp3) is 0.812. The molecule has 1 aliphatic heterocycles. The van der Waals surface area contributed by atoms with Crippen LogP contribution in [-0.2, 0) is 7.05 Å². The van der Waals surface area contributed by atoms with Gasteiger partial charge in [-0.15, -0.1) is 0 Å². The highest BCUT2D eigenvalue weighted by molar-refractivity contribution is 5.13. The van der Waals surface area contributed by atoms with E-state index in [1.54, 1.807) is 0 Å². The minimum Gasteiger partial charge on any atom is -0.300 e. The number of rotatable bonds is 5. The molecule has 1 aromatic heterocycles. The van der Waals surface area contributed by atoms with Gasteiger partial charge in [-0.1, -0.05) is 0 Å². The smallest absolute Gasteiger partial charge is 0.0538 e. The van der Waals surface area contributed by atoms with Crippen LogP contribution in [0.5, 0.6) is 0 Å². The maximum atomic E-state index is 4.39. The first-order valence-corrected chi connectivity index (χ1v) is 8.23. The third kappa shape index (κ3) is 2.91. The normalized spacial score (nSPS) is 28.9. The van der Waals surface area contributed by atoms with Crippen LogP contribution in [0.1, 0.15) is 37.3 Å². The lowest BCUT2D eigenvalue weighted by Crippen LogP contribution is -2.49. The molecule has 110 valence electrons. The van der Waals surface area contributed by atoms with E-state index in [4.69, 9.17) is 0 Å². The van der Waals surface area contributed by atoms with Crippen LogP contribution >= 0.6 is 0 Å². The standard InChI is InChI=1S/C16H26N4/c1-18-11-15(8-17-18)16-12-19(9-13-2-3-13)6-7-20(16)10-14-4-5-14/h8,11,13-14,16H,2-7,9-10,12H2,1H3/t16-/m1/s1. The third-order valence-corrected chi connectivity index (χ3v) is 5.09. The van der Waals surface area contributed by atoms with Gasteiger partial charge in [-0.25, -0.2) is 0 Å². The molecule has 0 spiro atoms. The van der Waals surface area contributed by atoms with Crippen LogP contribution < -0.4 is 0 Å². The third-order valence-electron chi connectivity index (χ3n) is 5.09. The van der Waals surface area contributed by atoms with E-state index in [2.05, 4.69) is 27.3 Å². The van der Waals surface area contributed by atoms with Crippen LogP contribution in [0.25, 0.3) is 0 Å². The van der Waals surface area contributed by atoms with E-state index < -0.39 is 0 Å². The Labute approximate surface area is 121 Å². The van der Waals surface area contributed by atoms with Crippen molar-refractivity contribution in [1.29, 1.82) is 0 Å². The van der Waals surface area contributed by atoms with Crippen LogP contribution in [-0.4, -0.2) is 52.3 Å². The highest BCUT2D eigenvalue weighted by Gasteiger charge is 2.35. The van der Waals surface area contributed by atoms with Crippen molar-refractivity contribution in [3.63, 3.8) is 0 Å². The van der Waals surface area contributed by atoms with E-state index in [9.17, 15) is 0 Å². The molecule has 3 aliphatic rings. The summed E-state index contributed by atoms with van der Waals surface area (Å²) in [5.74, 6) is 1.98. The number of piperazine rings is 1. The van der Waals surface area contributed by atoms with Crippen LogP contribution in [0, 0.1) is 11.8 Å². The summed E-state index contributed by atoms with van der Waals surface area (Å²) in [7, 11) is 2.03. The summed E-state index contributed by atoms with van der Waals surface area (Å²) in [6.07, 6.45) is 10.1. The predicted molar refractivity (Wildman–Crippen MR) is 79.4 cm³/mol. The largest absolute Gasteiger partial charge is 0.300 e. The Hall–Kier alpha value is -0.870. The molecule has 0 aromatic carbocycles. The van der Waals surface area contributed by atoms with E-state index in [-0.39, 0.29) is 0 Å². The Morgan fingerprint density at radius 3 is 2.50 bits per heavy atom.